The van der Waals surface area contributed by atoms with Crippen LogP contribution in [0.1, 0.15) is 31.9 Å². The van der Waals surface area contributed by atoms with Gasteiger partial charge in [0.2, 0.25) is 10.0 Å². The molecule has 0 aromatic heterocycles. The summed E-state index contributed by atoms with van der Waals surface area (Å²) in [6.07, 6.45) is -1.07. The lowest BCUT2D eigenvalue weighted by Gasteiger charge is -2.53. The predicted octanol–water partition coefficient (Wildman–Crippen LogP) is 2.10. The largest absolute Gasteiger partial charge is 0.465 e. The van der Waals surface area contributed by atoms with Crippen molar-refractivity contribution in [1.29, 1.82) is 5.26 Å². The number of nitriles is 1. The molecular weight excluding hydrogens is 392 g/mol. The summed E-state index contributed by atoms with van der Waals surface area (Å²) in [5.74, 6) is 0. The summed E-state index contributed by atoms with van der Waals surface area (Å²) in [5.41, 5.74) is 2.14. The lowest BCUT2D eigenvalue weighted by Crippen LogP contribution is -2.71. The molecule has 3 rings (SSSR count). The third-order valence-electron chi connectivity index (χ3n) is 5.85. The second kappa shape index (κ2) is 7.50. The quantitative estimate of drug-likeness (QED) is 0.803. The number of hydrogen-bond acceptors (Lipinski definition) is 5. The van der Waals surface area contributed by atoms with Gasteiger partial charge in [0, 0.05) is 38.4 Å². The first-order chi connectivity index (χ1) is 13.5. The third-order valence-corrected chi connectivity index (χ3v) is 8.10. The molecule has 1 N–H and O–H groups in total. The average Bonchev–Trinajstić information content (AvgIpc) is 2.58. The number of aryl methyl sites for hydroxylation is 1. The van der Waals surface area contributed by atoms with Crippen LogP contribution in [0.3, 0.4) is 0 Å². The molecule has 2 fully saturated rings. The van der Waals surface area contributed by atoms with E-state index < -0.39 is 32.8 Å². The van der Waals surface area contributed by atoms with Crippen molar-refractivity contribution in [3.63, 3.8) is 0 Å². The van der Waals surface area contributed by atoms with Crippen LogP contribution < -0.4 is 4.90 Å². The Kier molecular flexibility index (Phi) is 5.54. The number of amides is 1. The van der Waals surface area contributed by atoms with E-state index in [-0.39, 0.29) is 6.54 Å². The number of hydrogen-bond donors (Lipinski definition) is 1. The van der Waals surface area contributed by atoms with Gasteiger partial charge in [-0.25, -0.2) is 13.2 Å². The maximum atomic E-state index is 13.2. The van der Waals surface area contributed by atoms with Gasteiger partial charge in [-0.2, -0.15) is 9.57 Å². The number of piperazine rings is 1. The van der Waals surface area contributed by atoms with Crippen molar-refractivity contribution < 1.29 is 18.3 Å². The Hall–Kier alpha value is -2.31. The van der Waals surface area contributed by atoms with Crippen molar-refractivity contribution in [2.75, 3.05) is 37.6 Å². The van der Waals surface area contributed by atoms with Crippen LogP contribution in [0.15, 0.2) is 18.2 Å². The zero-order chi connectivity index (χ0) is 21.6. The SMILES string of the molecule is Cc1cc(C#N)ccc1N1CCN(S(=O)(=O)C2CN(C(=O)O)C2C(C)(C)C)CC1. The molecule has 1 aromatic carbocycles. The minimum Gasteiger partial charge on any atom is -0.465 e. The summed E-state index contributed by atoms with van der Waals surface area (Å²) < 4.78 is 28.0. The topological polar surface area (TPSA) is 105 Å². The first kappa shape index (κ1) is 21.4. The highest BCUT2D eigenvalue weighted by molar-refractivity contribution is 7.89. The minimum absolute atomic E-state index is 0.0224. The van der Waals surface area contributed by atoms with Crippen LogP contribution >= 0.6 is 0 Å². The molecule has 0 saturated carbocycles. The molecule has 1 aromatic rings. The highest BCUT2D eigenvalue weighted by Crippen LogP contribution is 2.39. The summed E-state index contributed by atoms with van der Waals surface area (Å²) >= 11 is 0. The summed E-state index contributed by atoms with van der Waals surface area (Å²) in [4.78, 5) is 14.8. The summed E-state index contributed by atoms with van der Waals surface area (Å²) in [5, 5.41) is 17.7. The fourth-order valence-electron chi connectivity index (χ4n) is 4.40. The number of likely N-dealkylation sites (tertiary alicyclic amines) is 1. The summed E-state index contributed by atoms with van der Waals surface area (Å²) in [7, 11) is -3.59. The van der Waals surface area contributed by atoms with Crippen LogP contribution in [0.2, 0.25) is 0 Å². The molecule has 0 radical (unpaired) electrons. The first-order valence-corrected chi connectivity index (χ1v) is 11.2. The predicted molar refractivity (Wildman–Crippen MR) is 110 cm³/mol. The van der Waals surface area contributed by atoms with E-state index >= 15 is 0 Å². The maximum Gasteiger partial charge on any atom is 0.407 e. The highest BCUT2D eigenvalue weighted by atomic mass is 32.2. The molecule has 158 valence electrons. The van der Waals surface area contributed by atoms with Crippen molar-refractivity contribution in [2.24, 2.45) is 5.41 Å². The van der Waals surface area contributed by atoms with Crippen LogP contribution in [-0.2, 0) is 10.0 Å². The van der Waals surface area contributed by atoms with Crippen molar-refractivity contribution in [2.45, 2.75) is 39.0 Å². The van der Waals surface area contributed by atoms with Gasteiger partial charge in [0.25, 0.3) is 0 Å². The second-order valence-corrected chi connectivity index (χ2v) is 11.0. The molecule has 1 amide bonds. The Morgan fingerprint density at radius 3 is 2.31 bits per heavy atom. The van der Waals surface area contributed by atoms with E-state index in [1.807, 2.05) is 39.8 Å². The number of benzene rings is 1. The summed E-state index contributed by atoms with van der Waals surface area (Å²) in [6.45, 7) is 9.44. The minimum atomic E-state index is -3.59. The molecule has 9 heteroatoms. The van der Waals surface area contributed by atoms with Crippen LogP contribution in [0, 0.1) is 23.7 Å². The molecule has 2 atom stereocenters. The average molecular weight is 421 g/mol. The van der Waals surface area contributed by atoms with Gasteiger partial charge in [-0.1, -0.05) is 20.8 Å². The van der Waals surface area contributed by atoms with E-state index in [2.05, 4.69) is 11.0 Å². The zero-order valence-electron chi connectivity index (χ0n) is 17.3. The standard InChI is InChI=1S/C20H28N4O4S/c1-14-11-15(12-21)5-6-16(14)22-7-9-23(10-8-22)29(27,28)17-13-24(19(25)26)18(17)20(2,3)4/h5-6,11,17-18H,7-10,13H2,1-4H3,(H,25,26). The lowest BCUT2D eigenvalue weighted by atomic mass is 9.79. The van der Waals surface area contributed by atoms with Gasteiger partial charge in [0.05, 0.1) is 17.7 Å². The number of anilines is 1. The number of sulfonamides is 1. The van der Waals surface area contributed by atoms with E-state index in [0.717, 1.165) is 11.3 Å². The lowest BCUT2D eigenvalue weighted by molar-refractivity contribution is 0.0220. The monoisotopic (exact) mass is 420 g/mol. The van der Waals surface area contributed by atoms with Gasteiger partial charge < -0.3 is 14.9 Å². The first-order valence-electron chi connectivity index (χ1n) is 9.71. The summed E-state index contributed by atoms with van der Waals surface area (Å²) in [6, 6.07) is 7.09. The highest BCUT2D eigenvalue weighted by Gasteiger charge is 2.55. The van der Waals surface area contributed by atoms with Crippen molar-refractivity contribution in [1.82, 2.24) is 9.21 Å². The number of nitrogens with zero attached hydrogens (tertiary/aromatic N) is 4. The smallest absolute Gasteiger partial charge is 0.407 e. The molecule has 2 aliphatic heterocycles. The van der Waals surface area contributed by atoms with Crippen LogP contribution in [0.5, 0.6) is 0 Å². The zero-order valence-corrected chi connectivity index (χ0v) is 18.1. The Morgan fingerprint density at radius 2 is 1.83 bits per heavy atom. The number of rotatable bonds is 3. The molecule has 2 saturated heterocycles. The van der Waals surface area contributed by atoms with E-state index in [0.29, 0.717) is 31.7 Å². The Morgan fingerprint density at radius 1 is 1.21 bits per heavy atom. The van der Waals surface area contributed by atoms with Crippen molar-refractivity contribution in [3.05, 3.63) is 29.3 Å². The van der Waals surface area contributed by atoms with Gasteiger partial charge >= 0.3 is 6.09 Å². The third kappa shape index (κ3) is 3.91. The van der Waals surface area contributed by atoms with E-state index in [1.165, 1.54) is 9.21 Å². The Balaban J connectivity index is 1.72. The molecule has 0 aliphatic carbocycles. The van der Waals surface area contributed by atoms with E-state index in [4.69, 9.17) is 5.26 Å². The molecule has 2 heterocycles. The molecular formula is C20H28N4O4S. The van der Waals surface area contributed by atoms with E-state index in [9.17, 15) is 18.3 Å². The fourth-order valence-corrected chi connectivity index (χ4v) is 6.69. The van der Waals surface area contributed by atoms with Gasteiger partial charge in [-0.15, -0.1) is 0 Å². The van der Waals surface area contributed by atoms with Crippen molar-refractivity contribution in [3.8, 4) is 6.07 Å². The number of carboxylic acid groups (broad SMARTS) is 1. The normalized spacial score (nSPS) is 23.4. The van der Waals surface area contributed by atoms with Crippen molar-refractivity contribution >= 4 is 21.8 Å². The maximum absolute atomic E-state index is 13.2. The Labute approximate surface area is 172 Å². The van der Waals surface area contributed by atoms with E-state index in [1.54, 1.807) is 6.07 Å². The molecule has 0 spiro atoms. The second-order valence-electron chi connectivity index (χ2n) is 8.83. The molecule has 8 nitrogen and oxygen atoms in total. The number of carbonyl (C=O) groups is 1. The van der Waals surface area contributed by atoms with Gasteiger partial charge in [-0.3, -0.25) is 0 Å². The van der Waals surface area contributed by atoms with Crippen LogP contribution in [-0.4, -0.2) is 72.8 Å². The van der Waals surface area contributed by atoms with Crippen LogP contribution in [0.4, 0.5) is 10.5 Å². The Bertz CT molecular complexity index is 940. The fraction of sp³-hybridized carbons (Fsp3) is 0.600. The molecule has 29 heavy (non-hydrogen) atoms. The molecule has 0 bridgehead atoms. The van der Waals surface area contributed by atoms with Crippen LogP contribution in [0.25, 0.3) is 0 Å². The van der Waals surface area contributed by atoms with Gasteiger partial charge in [-0.05, 0) is 36.1 Å². The molecule has 2 aliphatic rings. The van der Waals surface area contributed by atoms with Gasteiger partial charge in [0.1, 0.15) is 5.25 Å². The van der Waals surface area contributed by atoms with Gasteiger partial charge in [0.15, 0.2) is 0 Å². The molecule has 2 unspecified atom stereocenters.